The van der Waals surface area contributed by atoms with Crippen LogP contribution in [0.3, 0.4) is 0 Å². The highest BCUT2D eigenvalue weighted by Gasteiger charge is 2.38. The number of piperidine rings is 2. The van der Waals surface area contributed by atoms with Crippen LogP contribution >= 0.6 is 0 Å². The molecule has 1 N–H and O–H groups in total. The summed E-state index contributed by atoms with van der Waals surface area (Å²) in [4.78, 5) is 66.0. The molecular formula is C73H101F4N7O7. The van der Waals surface area contributed by atoms with Crippen molar-refractivity contribution in [2.75, 3.05) is 69.8 Å². The monoisotopic (exact) mass is 1260 g/mol. The summed E-state index contributed by atoms with van der Waals surface area (Å²) in [5.74, 6) is 0.561. The molecule has 2 aromatic heterocycles. The first-order valence-electron chi connectivity index (χ1n) is 33.3. The Labute approximate surface area is 538 Å². The van der Waals surface area contributed by atoms with Crippen molar-refractivity contribution >= 4 is 56.6 Å². The van der Waals surface area contributed by atoms with E-state index in [4.69, 9.17) is 15.9 Å². The highest BCUT2D eigenvalue weighted by Crippen LogP contribution is 2.41. The lowest BCUT2D eigenvalue weighted by atomic mass is 9.87. The number of esters is 1. The van der Waals surface area contributed by atoms with Gasteiger partial charge >= 0.3 is 12.0 Å². The molecule has 0 saturated carbocycles. The van der Waals surface area contributed by atoms with Crippen LogP contribution in [0.25, 0.3) is 32.9 Å². The number of alkyl halides is 2. The normalized spacial score (nSPS) is 18.4. The molecule has 4 fully saturated rings. The predicted octanol–water partition coefficient (Wildman–Crippen LogP) is 15.6. The van der Waals surface area contributed by atoms with Gasteiger partial charge in [0.2, 0.25) is 5.91 Å². The Morgan fingerprint density at radius 2 is 1.60 bits per heavy atom. The van der Waals surface area contributed by atoms with E-state index in [1.165, 1.54) is 151 Å². The fraction of sp³-hybridized carbons (Fsp3) is 0.603. The summed E-state index contributed by atoms with van der Waals surface area (Å²) >= 11 is 0. The standard InChI is InChI=1S/C28H48N2O.C25H18F4N4O2.C10H17NO2.C10H18O2/c1-7-10-24(14-12-22(4)9-3)21-30-18-16-25(17-19-30)26-15-13-23(5)27(20-26)29(6)28(31)11-8-2;1-3-15-18(26)6-5-13-9-14(34)10-16(19(13)15)21-20(27)22-17(11-30-21)23(32-24(31-22)35-2)33-8-4-7-25(28,29)12-33;1-8(12)13-7-10-5-4-9-3-2-6-11(9)10;1-7(2)10(12)8(3)5-6-9(4)11/h13,15,20,22,24-25H,7-12,14,16-19,21H2,1-6H3;1,5-6,9-11,34H,4,7-8,12H2,2H3;9-10H,2-7H2,1H3;7-8H,5-6H2,1-4H3. The number of methoxy groups -OCH3 is 1. The smallest absolute Gasteiger partial charge is 0.318 e. The lowest BCUT2D eigenvalue weighted by Crippen LogP contribution is -2.43. The number of benzene rings is 3. The largest absolute Gasteiger partial charge is 0.508 e. The van der Waals surface area contributed by atoms with E-state index in [2.05, 4.69) is 83.5 Å². The molecule has 1 amide bonds. The molecule has 0 aliphatic carbocycles. The van der Waals surface area contributed by atoms with Crippen LogP contribution in [0.5, 0.6) is 11.8 Å². The molecule has 91 heavy (non-hydrogen) atoms. The molecular weight excluding hydrogens is 1160 g/mol. The fourth-order valence-electron chi connectivity index (χ4n) is 13.2. The minimum Gasteiger partial charge on any atom is -0.508 e. The Hall–Kier alpha value is -6.71. The number of carbonyl (C=O) groups excluding carboxylic acids is 4. The van der Waals surface area contributed by atoms with Crippen molar-refractivity contribution in [3.8, 4) is 35.4 Å². The minimum atomic E-state index is -2.93. The summed E-state index contributed by atoms with van der Waals surface area (Å²) in [6.07, 6.45) is 23.9. The number of aryl methyl sites for hydroxylation is 1. The van der Waals surface area contributed by atoms with Crippen LogP contribution in [0.15, 0.2) is 48.7 Å². The van der Waals surface area contributed by atoms with Gasteiger partial charge in [-0.25, -0.2) is 17.6 Å². The maximum absolute atomic E-state index is 16.0. The number of anilines is 2. The summed E-state index contributed by atoms with van der Waals surface area (Å²) in [6.45, 7) is 25.2. The summed E-state index contributed by atoms with van der Waals surface area (Å²) in [5.41, 5.74) is 3.16. The van der Waals surface area contributed by atoms with Crippen molar-refractivity contribution in [3.63, 3.8) is 0 Å². The van der Waals surface area contributed by atoms with E-state index in [0.717, 1.165) is 36.1 Å². The van der Waals surface area contributed by atoms with Gasteiger partial charge in [-0.05, 0) is 163 Å². The van der Waals surface area contributed by atoms with Crippen LogP contribution in [0.2, 0.25) is 0 Å². The van der Waals surface area contributed by atoms with Gasteiger partial charge < -0.3 is 34.1 Å². The number of ether oxygens (including phenoxy) is 2. The van der Waals surface area contributed by atoms with E-state index in [9.17, 15) is 37.5 Å². The Morgan fingerprint density at radius 3 is 2.24 bits per heavy atom. The molecule has 14 nitrogen and oxygen atoms in total. The number of hydrogen-bond acceptors (Lipinski definition) is 13. The number of fused-ring (bicyclic) bond motifs is 3. The van der Waals surface area contributed by atoms with Crippen molar-refractivity contribution in [1.82, 2.24) is 24.8 Å². The first-order valence-corrected chi connectivity index (χ1v) is 33.3. The third-order valence-corrected chi connectivity index (χ3v) is 18.6. The van der Waals surface area contributed by atoms with Gasteiger partial charge in [-0.3, -0.25) is 24.3 Å². The number of terminal acetylenes is 1. The van der Waals surface area contributed by atoms with Crippen molar-refractivity contribution in [2.45, 2.75) is 202 Å². The number of aromatic hydroxyl groups is 1. The van der Waals surface area contributed by atoms with E-state index < -0.39 is 24.1 Å². The molecule has 0 bridgehead atoms. The molecule has 5 atom stereocenters. The van der Waals surface area contributed by atoms with Crippen molar-refractivity contribution in [1.29, 1.82) is 0 Å². The molecule has 18 heteroatoms. The Kier molecular flexibility index (Phi) is 28.1. The number of ketones is 2. The molecule has 9 rings (SSSR count). The van der Waals surface area contributed by atoms with E-state index in [-0.39, 0.29) is 105 Å². The molecule has 4 aliphatic heterocycles. The van der Waals surface area contributed by atoms with E-state index in [1.807, 2.05) is 32.7 Å². The van der Waals surface area contributed by atoms with Gasteiger partial charge in [0.05, 0.1) is 24.6 Å². The SMILES string of the molecule is C#Cc1c(F)ccc2cc(O)cc(-c3ncc4c(N5CCCC(F)(F)C5)nc(OC)nc4c3F)c12.CC(=O)CCC(C)C(=O)C(C)C.CC(=O)OCC1CCC2CCCN21.CCCC(=O)N(C)c1cc(C2CCN(CC(CCC)CCC(C)CC)CC2)ccc1C. The summed E-state index contributed by atoms with van der Waals surface area (Å²) in [6, 6.07) is 13.0. The minimum absolute atomic E-state index is 0.0360. The number of nitrogens with zero attached hydrogens (tertiary/aromatic N) is 7. The molecule has 6 heterocycles. The van der Waals surface area contributed by atoms with E-state index in [1.54, 1.807) is 6.92 Å². The number of hydrogen-bond donors (Lipinski definition) is 1. The first-order chi connectivity index (χ1) is 43.3. The number of Topliss-reactive ketones (excluding diaryl/α,β-unsaturated/α-hetero) is 2. The number of likely N-dealkylation sites (tertiary alicyclic amines) is 1. The third kappa shape index (κ3) is 20.4. The Bertz CT molecular complexity index is 3290. The zero-order valence-electron chi connectivity index (χ0n) is 56.2. The summed E-state index contributed by atoms with van der Waals surface area (Å²) < 4.78 is 68.8. The van der Waals surface area contributed by atoms with Gasteiger partial charge in [0, 0.05) is 93.1 Å². The molecule has 4 saturated heterocycles. The Morgan fingerprint density at radius 1 is 0.868 bits per heavy atom. The zero-order valence-corrected chi connectivity index (χ0v) is 56.2. The quantitative estimate of drug-likeness (QED) is 0.0397. The van der Waals surface area contributed by atoms with Gasteiger partial charge in [-0.15, -0.1) is 6.42 Å². The number of phenolic OH excluding ortho intramolecular Hbond substituents is 1. The molecule has 0 spiro atoms. The number of halogens is 4. The molecule has 3 aromatic carbocycles. The highest BCUT2D eigenvalue weighted by atomic mass is 19.3. The van der Waals surface area contributed by atoms with Crippen molar-refractivity contribution in [3.05, 3.63) is 77.0 Å². The average molecular weight is 1260 g/mol. The number of rotatable bonds is 22. The fourth-order valence-corrected chi connectivity index (χ4v) is 13.2. The maximum Gasteiger partial charge on any atom is 0.318 e. The second-order valence-corrected chi connectivity index (χ2v) is 26.1. The number of aromatic nitrogens is 3. The van der Waals surface area contributed by atoms with Crippen LogP contribution in [-0.2, 0) is 23.9 Å². The predicted molar refractivity (Wildman–Crippen MR) is 356 cm³/mol. The van der Waals surface area contributed by atoms with Crippen LogP contribution in [0.1, 0.15) is 194 Å². The Balaban J connectivity index is 0.000000212. The summed E-state index contributed by atoms with van der Waals surface area (Å²) in [5, 5.41) is 10.9. The van der Waals surface area contributed by atoms with Gasteiger partial charge in [0.25, 0.3) is 5.92 Å². The summed E-state index contributed by atoms with van der Waals surface area (Å²) in [7, 11) is 3.21. The van der Waals surface area contributed by atoms with Crippen molar-refractivity contribution < 1.29 is 51.3 Å². The second-order valence-electron chi connectivity index (χ2n) is 26.1. The highest BCUT2D eigenvalue weighted by molar-refractivity contribution is 6.03. The molecule has 498 valence electrons. The van der Waals surface area contributed by atoms with Gasteiger partial charge in [-0.1, -0.05) is 91.8 Å². The van der Waals surface area contributed by atoms with Crippen LogP contribution in [0, 0.1) is 54.6 Å². The van der Waals surface area contributed by atoms with Gasteiger partial charge in [0.1, 0.15) is 46.8 Å². The van der Waals surface area contributed by atoms with Crippen LogP contribution < -0.4 is 14.5 Å². The van der Waals surface area contributed by atoms with Crippen molar-refractivity contribution in [2.24, 2.45) is 23.7 Å². The second kappa shape index (κ2) is 34.8. The zero-order chi connectivity index (χ0) is 66.7. The van der Waals surface area contributed by atoms with Gasteiger partial charge in [0.15, 0.2) is 5.82 Å². The molecule has 4 aliphatic rings. The average Bonchev–Trinajstić information content (AvgIpc) is 1.54. The topological polar surface area (TPSA) is 159 Å². The first kappa shape index (κ1) is 73.3. The lowest BCUT2D eigenvalue weighted by molar-refractivity contribution is -0.142. The van der Waals surface area contributed by atoms with Crippen LogP contribution in [0.4, 0.5) is 29.1 Å². The van der Waals surface area contributed by atoms with Crippen LogP contribution in [-0.4, -0.2) is 131 Å². The maximum atomic E-state index is 16.0. The van der Waals surface area contributed by atoms with Gasteiger partial charge in [-0.2, -0.15) is 9.97 Å². The lowest BCUT2D eigenvalue weighted by Gasteiger charge is -2.35. The number of amides is 1. The van der Waals surface area contributed by atoms with E-state index >= 15 is 4.39 Å². The molecule has 5 unspecified atom stereocenters. The molecule has 5 aromatic rings. The third-order valence-electron chi connectivity index (χ3n) is 18.6. The van der Waals surface area contributed by atoms with E-state index in [0.29, 0.717) is 43.2 Å². The number of phenols is 1. The number of carbonyl (C=O) groups is 4. The number of pyridine rings is 1. The molecule has 0 radical (unpaired) electrons.